The first-order valence-corrected chi connectivity index (χ1v) is 10.9. The molecule has 0 atom stereocenters. The van der Waals surface area contributed by atoms with Crippen LogP contribution in [0.15, 0.2) is 54.2 Å². The summed E-state index contributed by atoms with van der Waals surface area (Å²) < 4.78 is 5.65. The number of benzene rings is 2. The number of carbonyl (C=O) groups excluding carboxylic acids is 2. The van der Waals surface area contributed by atoms with Crippen molar-refractivity contribution in [2.24, 2.45) is 0 Å². The minimum Gasteiger partial charge on any atom is -0.494 e. The molecule has 2 aromatic carbocycles. The van der Waals surface area contributed by atoms with Crippen LogP contribution >= 0.6 is 0 Å². The summed E-state index contributed by atoms with van der Waals surface area (Å²) >= 11 is 0. The highest BCUT2D eigenvalue weighted by Gasteiger charge is 2.40. The highest BCUT2D eigenvalue weighted by Crippen LogP contribution is 2.33. The average Bonchev–Trinajstić information content (AvgIpc) is 2.96. The first-order chi connectivity index (χ1) is 14.6. The molecule has 0 aromatic heterocycles. The van der Waals surface area contributed by atoms with Crippen LogP contribution in [0.4, 0.5) is 5.69 Å². The van der Waals surface area contributed by atoms with Crippen LogP contribution in [-0.4, -0.2) is 29.4 Å². The van der Waals surface area contributed by atoms with Crippen molar-refractivity contribution in [2.75, 3.05) is 11.9 Å². The second-order valence-electron chi connectivity index (χ2n) is 9.15. The summed E-state index contributed by atoms with van der Waals surface area (Å²) in [5.74, 6) is 0.160. The minimum atomic E-state index is -0.304. The SMILES string of the molecule is CCCOc1ccc(C2=C(Nc3ccc(C(C)(C)C)cc3)C(=O)N(C(C)C)C2=O)cc1. The number of imide groups is 1. The van der Waals surface area contributed by atoms with Crippen LogP contribution in [0.25, 0.3) is 5.57 Å². The van der Waals surface area contributed by atoms with Crippen molar-refractivity contribution in [1.82, 2.24) is 4.90 Å². The predicted octanol–water partition coefficient (Wildman–Crippen LogP) is 5.37. The second-order valence-corrected chi connectivity index (χ2v) is 9.15. The largest absolute Gasteiger partial charge is 0.494 e. The molecule has 0 radical (unpaired) electrons. The van der Waals surface area contributed by atoms with E-state index in [4.69, 9.17) is 4.74 Å². The van der Waals surface area contributed by atoms with Gasteiger partial charge in [-0.25, -0.2) is 0 Å². The molecule has 1 heterocycles. The molecule has 0 aliphatic carbocycles. The number of nitrogens with one attached hydrogen (secondary N) is 1. The number of carbonyl (C=O) groups is 2. The van der Waals surface area contributed by atoms with Gasteiger partial charge in [-0.05, 0) is 61.1 Å². The van der Waals surface area contributed by atoms with E-state index in [0.717, 1.165) is 17.9 Å². The molecule has 31 heavy (non-hydrogen) atoms. The van der Waals surface area contributed by atoms with E-state index in [1.54, 1.807) is 0 Å². The van der Waals surface area contributed by atoms with E-state index in [9.17, 15) is 9.59 Å². The van der Waals surface area contributed by atoms with E-state index in [1.165, 1.54) is 10.5 Å². The van der Waals surface area contributed by atoms with Crippen molar-refractivity contribution in [3.05, 3.63) is 65.4 Å². The molecule has 1 aliphatic rings. The topological polar surface area (TPSA) is 58.6 Å². The molecular weight excluding hydrogens is 388 g/mol. The van der Waals surface area contributed by atoms with E-state index in [-0.39, 0.29) is 23.3 Å². The molecule has 1 aliphatic heterocycles. The van der Waals surface area contributed by atoms with Gasteiger partial charge in [0.15, 0.2) is 0 Å². The fourth-order valence-corrected chi connectivity index (χ4v) is 3.54. The van der Waals surface area contributed by atoms with Gasteiger partial charge in [0.05, 0.1) is 12.2 Å². The van der Waals surface area contributed by atoms with Gasteiger partial charge in [-0.2, -0.15) is 0 Å². The quantitative estimate of drug-likeness (QED) is 0.612. The van der Waals surface area contributed by atoms with Crippen molar-refractivity contribution in [1.29, 1.82) is 0 Å². The van der Waals surface area contributed by atoms with Crippen LogP contribution in [0.1, 0.15) is 59.1 Å². The van der Waals surface area contributed by atoms with Crippen LogP contribution in [-0.2, 0) is 15.0 Å². The monoisotopic (exact) mass is 420 g/mol. The van der Waals surface area contributed by atoms with Crippen molar-refractivity contribution >= 4 is 23.1 Å². The molecule has 0 saturated carbocycles. The maximum Gasteiger partial charge on any atom is 0.278 e. The third-order valence-corrected chi connectivity index (χ3v) is 5.27. The van der Waals surface area contributed by atoms with Crippen LogP contribution < -0.4 is 10.1 Å². The maximum absolute atomic E-state index is 13.2. The smallest absolute Gasteiger partial charge is 0.278 e. The summed E-state index contributed by atoms with van der Waals surface area (Å²) in [6.07, 6.45) is 0.922. The number of anilines is 1. The van der Waals surface area contributed by atoms with Crippen LogP contribution in [0.5, 0.6) is 5.75 Å². The number of hydrogen-bond acceptors (Lipinski definition) is 4. The molecule has 164 valence electrons. The first kappa shape index (κ1) is 22.6. The highest BCUT2D eigenvalue weighted by atomic mass is 16.5. The Balaban J connectivity index is 1.98. The van der Waals surface area contributed by atoms with Crippen LogP contribution in [0, 0.1) is 0 Å². The molecule has 3 rings (SSSR count). The Morgan fingerprint density at radius 1 is 0.935 bits per heavy atom. The van der Waals surface area contributed by atoms with Gasteiger partial charge >= 0.3 is 0 Å². The van der Waals surface area contributed by atoms with Gasteiger partial charge in [0.1, 0.15) is 11.4 Å². The Morgan fingerprint density at radius 3 is 2.06 bits per heavy atom. The normalized spacial score (nSPS) is 14.6. The van der Waals surface area contributed by atoms with Gasteiger partial charge in [-0.3, -0.25) is 14.5 Å². The fraction of sp³-hybridized carbons (Fsp3) is 0.385. The zero-order valence-corrected chi connectivity index (χ0v) is 19.3. The Kier molecular flexibility index (Phi) is 6.54. The first-order valence-electron chi connectivity index (χ1n) is 10.9. The molecule has 5 heteroatoms. The van der Waals surface area contributed by atoms with Crippen LogP contribution in [0.3, 0.4) is 0 Å². The van der Waals surface area contributed by atoms with Gasteiger partial charge in [0.2, 0.25) is 0 Å². The second kappa shape index (κ2) is 8.96. The van der Waals surface area contributed by atoms with Crippen molar-refractivity contribution in [3.8, 4) is 5.75 Å². The molecule has 2 amide bonds. The molecule has 0 unspecified atom stereocenters. The summed E-state index contributed by atoms with van der Waals surface area (Å²) in [4.78, 5) is 27.6. The van der Waals surface area contributed by atoms with Gasteiger partial charge in [0.25, 0.3) is 11.8 Å². The Morgan fingerprint density at radius 2 is 1.55 bits per heavy atom. The zero-order chi connectivity index (χ0) is 22.8. The standard InChI is InChI=1S/C26H32N2O3/c1-7-16-31-21-14-8-18(9-15-21)22-23(25(30)28(17(2)3)24(22)29)27-20-12-10-19(11-13-20)26(4,5)6/h8-15,17,27H,7,16H2,1-6H3. The Bertz CT molecular complexity index is 981. The lowest BCUT2D eigenvalue weighted by Crippen LogP contribution is -2.38. The van der Waals surface area contributed by atoms with Gasteiger partial charge < -0.3 is 10.1 Å². The van der Waals surface area contributed by atoms with E-state index in [0.29, 0.717) is 23.4 Å². The third-order valence-electron chi connectivity index (χ3n) is 5.27. The molecule has 0 bridgehead atoms. The van der Waals surface area contributed by atoms with Crippen molar-refractivity contribution in [3.63, 3.8) is 0 Å². The lowest BCUT2D eigenvalue weighted by atomic mass is 9.87. The van der Waals surface area contributed by atoms with Gasteiger partial charge in [0, 0.05) is 11.7 Å². The van der Waals surface area contributed by atoms with Crippen molar-refractivity contribution in [2.45, 2.75) is 59.4 Å². The summed E-state index contributed by atoms with van der Waals surface area (Å²) in [6, 6.07) is 15.1. The number of amides is 2. The van der Waals surface area contributed by atoms with E-state index >= 15 is 0 Å². The molecule has 2 aromatic rings. The third kappa shape index (κ3) is 4.82. The lowest BCUT2D eigenvalue weighted by molar-refractivity contribution is -0.138. The minimum absolute atomic E-state index is 0.0398. The fourth-order valence-electron chi connectivity index (χ4n) is 3.54. The number of nitrogens with zero attached hydrogens (tertiary/aromatic N) is 1. The molecular formula is C26H32N2O3. The van der Waals surface area contributed by atoms with Gasteiger partial charge in [-0.15, -0.1) is 0 Å². The maximum atomic E-state index is 13.2. The summed E-state index contributed by atoms with van der Waals surface area (Å²) in [6.45, 7) is 12.8. The molecule has 0 fully saturated rings. The predicted molar refractivity (Wildman–Crippen MR) is 125 cm³/mol. The summed E-state index contributed by atoms with van der Waals surface area (Å²) in [5.41, 5.74) is 3.41. The molecule has 5 nitrogen and oxygen atoms in total. The van der Waals surface area contributed by atoms with E-state index in [2.05, 4.69) is 33.0 Å². The van der Waals surface area contributed by atoms with Gasteiger partial charge in [-0.1, -0.05) is 52.0 Å². The van der Waals surface area contributed by atoms with Crippen molar-refractivity contribution < 1.29 is 14.3 Å². The summed E-state index contributed by atoms with van der Waals surface area (Å²) in [7, 11) is 0. The summed E-state index contributed by atoms with van der Waals surface area (Å²) in [5, 5.41) is 3.22. The zero-order valence-electron chi connectivity index (χ0n) is 19.3. The highest BCUT2D eigenvalue weighted by molar-refractivity contribution is 6.36. The number of ether oxygens (including phenoxy) is 1. The van der Waals surface area contributed by atoms with E-state index in [1.807, 2.05) is 62.4 Å². The lowest BCUT2D eigenvalue weighted by Gasteiger charge is -2.20. The van der Waals surface area contributed by atoms with E-state index < -0.39 is 0 Å². The molecule has 0 saturated heterocycles. The number of rotatable bonds is 7. The van der Waals surface area contributed by atoms with Crippen LogP contribution in [0.2, 0.25) is 0 Å². The number of hydrogen-bond donors (Lipinski definition) is 1. The molecule has 0 spiro atoms. The Labute approximate surface area is 185 Å². The molecule has 1 N–H and O–H groups in total. The Hall–Kier alpha value is -3.08. The average molecular weight is 421 g/mol.